The number of benzene rings is 1. The van der Waals surface area contributed by atoms with Crippen LogP contribution in [0.15, 0.2) is 30.5 Å². The molecule has 6 nitrogen and oxygen atoms in total. The Balaban J connectivity index is 1.46. The molecule has 26 heavy (non-hydrogen) atoms. The molecule has 1 aromatic heterocycles. The van der Waals surface area contributed by atoms with Crippen LogP contribution in [0, 0.1) is 11.8 Å². The Kier molecular flexibility index (Phi) is 5.81. The smallest absolute Gasteiger partial charge is 0.306 e. The normalized spacial score (nSPS) is 20.0. The monoisotopic (exact) mass is 358 g/mol. The number of aliphatic carboxylic acids is 1. The lowest BCUT2D eigenvalue weighted by Crippen LogP contribution is -2.32. The van der Waals surface area contributed by atoms with E-state index < -0.39 is 5.97 Å². The molecule has 0 aliphatic heterocycles. The third kappa shape index (κ3) is 4.18. The van der Waals surface area contributed by atoms with Crippen LogP contribution in [-0.2, 0) is 16.1 Å². The van der Waals surface area contributed by atoms with Crippen LogP contribution >= 0.6 is 0 Å². The highest BCUT2D eigenvalue weighted by atomic mass is 16.5. The summed E-state index contributed by atoms with van der Waals surface area (Å²) in [6.45, 7) is 1.26. The van der Waals surface area contributed by atoms with Crippen molar-refractivity contribution in [3.05, 3.63) is 30.5 Å². The number of carbonyl (C=O) groups is 2. The fraction of sp³-hybridized carbons (Fsp3) is 0.500. The summed E-state index contributed by atoms with van der Waals surface area (Å²) in [5.41, 5.74) is 1.06. The summed E-state index contributed by atoms with van der Waals surface area (Å²) in [5, 5.41) is 13.1. The number of aromatic nitrogens is 1. The van der Waals surface area contributed by atoms with Crippen LogP contribution < -0.4 is 10.1 Å². The molecular formula is C20H26N2O4. The molecule has 2 aromatic rings. The van der Waals surface area contributed by atoms with Crippen molar-refractivity contribution in [1.82, 2.24) is 9.88 Å². The van der Waals surface area contributed by atoms with E-state index in [1.54, 1.807) is 7.11 Å². The zero-order chi connectivity index (χ0) is 18.5. The van der Waals surface area contributed by atoms with Gasteiger partial charge in [0.2, 0.25) is 5.91 Å². The standard InChI is InChI=1S/C20H26N2O4/c1-26-18-4-2-3-17-16(18)9-11-22(17)12-10-19(23)21-13-14-5-7-15(8-6-14)20(24)25/h2-4,9,11,14-15H,5-8,10,12-13H2,1H3,(H,21,23)(H,24,25). The zero-order valence-corrected chi connectivity index (χ0v) is 15.1. The number of hydrogen-bond acceptors (Lipinski definition) is 3. The number of aryl methyl sites for hydroxylation is 1. The van der Waals surface area contributed by atoms with Gasteiger partial charge >= 0.3 is 5.97 Å². The maximum Gasteiger partial charge on any atom is 0.306 e. The van der Waals surface area contributed by atoms with Gasteiger partial charge in [-0.3, -0.25) is 9.59 Å². The number of hydrogen-bond donors (Lipinski definition) is 2. The first-order valence-electron chi connectivity index (χ1n) is 9.20. The maximum absolute atomic E-state index is 12.2. The Bertz CT molecular complexity index is 775. The zero-order valence-electron chi connectivity index (χ0n) is 15.1. The number of rotatable bonds is 7. The van der Waals surface area contributed by atoms with Gasteiger partial charge in [0.15, 0.2) is 0 Å². The minimum atomic E-state index is -0.692. The summed E-state index contributed by atoms with van der Waals surface area (Å²) in [5.74, 6) is 0.369. The van der Waals surface area contributed by atoms with Crippen molar-refractivity contribution in [2.45, 2.75) is 38.6 Å². The Morgan fingerprint density at radius 1 is 1.23 bits per heavy atom. The summed E-state index contributed by atoms with van der Waals surface area (Å²) >= 11 is 0. The van der Waals surface area contributed by atoms with Gasteiger partial charge < -0.3 is 19.7 Å². The highest BCUT2D eigenvalue weighted by Crippen LogP contribution is 2.28. The average molecular weight is 358 g/mol. The molecule has 1 aromatic carbocycles. The summed E-state index contributed by atoms with van der Waals surface area (Å²) in [4.78, 5) is 23.1. The predicted octanol–water partition coefficient (Wildman–Crippen LogP) is 3.05. The minimum absolute atomic E-state index is 0.0371. The molecule has 0 bridgehead atoms. The Labute approximate surface area is 153 Å². The second kappa shape index (κ2) is 8.25. The van der Waals surface area contributed by atoms with E-state index in [1.807, 2.05) is 30.5 Å². The van der Waals surface area contributed by atoms with Crippen molar-refractivity contribution in [1.29, 1.82) is 0 Å². The number of ether oxygens (including phenoxy) is 1. The van der Waals surface area contributed by atoms with Crippen LogP contribution in [0.5, 0.6) is 5.75 Å². The molecule has 1 fully saturated rings. The lowest BCUT2D eigenvalue weighted by molar-refractivity contribution is -0.143. The van der Waals surface area contributed by atoms with E-state index in [0.717, 1.165) is 29.5 Å². The van der Waals surface area contributed by atoms with E-state index in [-0.39, 0.29) is 11.8 Å². The first kappa shape index (κ1) is 18.3. The number of carboxylic acid groups (broad SMARTS) is 1. The highest BCUT2D eigenvalue weighted by Gasteiger charge is 2.25. The number of carboxylic acids is 1. The van der Waals surface area contributed by atoms with Crippen molar-refractivity contribution in [2.75, 3.05) is 13.7 Å². The predicted molar refractivity (Wildman–Crippen MR) is 99.2 cm³/mol. The Morgan fingerprint density at radius 2 is 2.00 bits per heavy atom. The largest absolute Gasteiger partial charge is 0.496 e. The van der Waals surface area contributed by atoms with E-state index in [2.05, 4.69) is 9.88 Å². The van der Waals surface area contributed by atoms with Gasteiger partial charge in [0.1, 0.15) is 5.75 Å². The SMILES string of the molecule is COc1cccc2c1ccn2CCC(=O)NCC1CCC(C(=O)O)CC1. The van der Waals surface area contributed by atoms with Crippen molar-refractivity contribution in [3.8, 4) is 5.75 Å². The summed E-state index contributed by atoms with van der Waals surface area (Å²) < 4.78 is 7.43. The van der Waals surface area contributed by atoms with Crippen LogP contribution in [0.4, 0.5) is 0 Å². The Morgan fingerprint density at radius 3 is 2.69 bits per heavy atom. The summed E-state index contributed by atoms with van der Waals surface area (Å²) in [6.07, 6.45) is 5.58. The lowest BCUT2D eigenvalue weighted by Gasteiger charge is -2.26. The topological polar surface area (TPSA) is 80.6 Å². The van der Waals surface area contributed by atoms with Crippen LogP contribution in [0.25, 0.3) is 10.9 Å². The number of nitrogens with one attached hydrogen (secondary N) is 1. The molecule has 0 atom stereocenters. The van der Waals surface area contributed by atoms with E-state index >= 15 is 0 Å². The molecule has 0 radical (unpaired) electrons. The lowest BCUT2D eigenvalue weighted by atomic mass is 9.82. The van der Waals surface area contributed by atoms with Gasteiger partial charge in [-0.25, -0.2) is 0 Å². The van der Waals surface area contributed by atoms with E-state index in [0.29, 0.717) is 38.3 Å². The van der Waals surface area contributed by atoms with E-state index in [9.17, 15) is 9.59 Å². The number of nitrogens with zero attached hydrogens (tertiary/aromatic N) is 1. The molecule has 140 valence electrons. The number of amides is 1. The van der Waals surface area contributed by atoms with Gasteiger partial charge in [-0.1, -0.05) is 6.07 Å². The van der Waals surface area contributed by atoms with E-state index in [1.165, 1.54) is 0 Å². The second-order valence-corrected chi connectivity index (χ2v) is 7.01. The fourth-order valence-electron chi connectivity index (χ4n) is 3.75. The van der Waals surface area contributed by atoms with Gasteiger partial charge in [0.05, 0.1) is 18.5 Å². The number of methoxy groups -OCH3 is 1. The number of carbonyl (C=O) groups excluding carboxylic acids is 1. The van der Waals surface area contributed by atoms with Gasteiger partial charge in [-0.2, -0.15) is 0 Å². The molecular weight excluding hydrogens is 332 g/mol. The first-order valence-corrected chi connectivity index (χ1v) is 9.20. The molecule has 1 amide bonds. The molecule has 0 spiro atoms. The second-order valence-electron chi connectivity index (χ2n) is 7.01. The van der Waals surface area contributed by atoms with Gasteiger partial charge in [-0.15, -0.1) is 0 Å². The van der Waals surface area contributed by atoms with Gasteiger partial charge in [-0.05, 0) is 49.8 Å². The summed E-state index contributed by atoms with van der Waals surface area (Å²) in [6, 6.07) is 7.91. The minimum Gasteiger partial charge on any atom is -0.496 e. The highest BCUT2D eigenvalue weighted by molar-refractivity contribution is 5.86. The average Bonchev–Trinajstić information content (AvgIpc) is 3.08. The van der Waals surface area contributed by atoms with Crippen molar-refractivity contribution >= 4 is 22.8 Å². The van der Waals surface area contributed by atoms with Gasteiger partial charge in [0, 0.05) is 31.1 Å². The third-order valence-corrected chi connectivity index (χ3v) is 5.36. The quantitative estimate of drug-likeness (QED) is 0.797. The summed E-state index contributed by atoms with van der Waals surface area (Å²) in [7, 11) is 1.66. The molecule has 3 rings (SSSR count). The fourth-order valence-corrected chi connectivity index (χ4v) is 3.75. The maximum atomic E-state index is 12.2. The first-order chi connectivity index (χ1) is 12.6. The molecule has 2 N–H and O–H groups in total. The van der Waals surface area contributed by atoms with Gasteiger partial charge in [0.25, 0.3) is 0 Å². The van der Waals surface area contributed by atoms with Crippen molar-refractivity contribution < 1.29 is 19.4 Å². The van der Waals surface area contributed by atoms with Crippen LogP contribution in [0.3, 0.4) is 0 Å². The van der Waals surface area contributed by atoms with Crippen molar-refractivity contribution in [2.24, 2.45) is 11.8 Å². The van der Waals surface area contributed by atoms with E-state index in [4.69, 9.17) is 9.84 Å². The molecule has 1 saturated carbocycles. The van der Waals surface area contributed by atoms with Crippen LogP contribution in [-0.4, -0.2) is 35.2 Å². The molecule has 1 aliphatic rings. The number of fused-ring (bicyclic) bond motifs is 1. The van der Waals surface area contributed by atoms with Crippen LogP contribution in [0.1, 0.15) is 32.1 Å². The Hall–Kier alpha value is -2.50. The molecule has 6 heteroatoms. The molecule has 1 heterocycles. The van der Waals surface area contributed by atoms with Crippen molar-refractivity contribution in [3.63, 3.8) is 0 Å². The third-order valence-electron chi connectivity index (χ3n) is 5.36. The molecule has 1 aliphatic carbocycles. The van der Waals surface area contributed by atoms with Crippen LogP contribution in [0.2, 0.25) is 0 Å². The molecule has 0 unspecified atom stereocenters. The molecule has 0 saturated heterocycles.